The fraction of sp³-hybridized carbons (Fsp3) is 0.923. The van der Waals surface area contributed by atoms with Gasteiger partial charge in [-0.05, 0) is 25.4 Å². The number of carbonyl (C=O) groups is 1. The molecule has 2 atom stereocenters. The maximum Gasteiger partial charge on any atom is 0.152 e. The summed E-state index contributed by atoms with van der Waals surface area (Å²) in [5, 5.41) is 0. The molecule has 0 aliphatic carbocycles. The van der Waals surface area contributed by atoms with E-state index in [-0.39, 0.29) is 12.0 Å². The Balaban J connectivity index is 4.59. The van der Waals surface area contributed by atoms with Gasteiger partial charge >= 0.3 is 0 Å². The highest BCUT2D eigenvalue weighted by molar-refractivity contribution is 5.86. The molecule has 0 aromatic heterocycles. The molecule has 0 fully saturated rings. The maximum atomic E-state index is 12.2. The Hall–Kier alpha value is -0.370. The molecule has 0 bridgehead atoms. The van der Waals surface area contributed by atoms with Gasteiger partial charge < -0.3 is 0 Å². The van der Waals surface area contributed by atoms with Crippen molar-refractivity contribution in [1.82, 2.24) is 4.90 Å². The van der Waals surface area contributed by atoms with E-state index in [0.717, 1.165) is 19.5 Å². The van der Waals surface area contributed by atoms with Crippen LogP contribution >= 0.6 is 0 Å². The summed E-state index contributed by atoms with van der Waals surface area (Å²) in [6.45, 7) is 14.6. The predicted octanol–water partition coefficient (Wildman–Crippen LogP) is 2.97. The lowest BCUT2D eigenvalue weighted by Crippen LogP contribution is -2.43. The molecule has 0 spiro atoms. The van der Waals surface area contributed by atoms with Crippen LogP contribution in [0.3, 0.4) is 0 Å². The molecule has 90 valence electrons. The van der Waals surface area contributed by atoms with Crippen LogP contribution in [0, 0.1) is 11.8 Å². The molecular formula is C13H27NO. The first-order valence-electron chi connectivity index (χ1n) is 6.27. The van der Waals surface area contributed by atoms with Gasteiger partial charge in [0, 0.05) is 5.92 Å². The zero-order valence-electron chi connectivity index (χ0n) is 11.2. The van der Waals surface area contributed by atoms with Crippen LogP contribution in [0.5, 0.6) is 0 Å². The van der Waals surface area contributed by atoms with E-state index in [1.807, 2.05) is 0 Å². The number of hydrogen-bond acceptors (Lipinski definition) is 2. The molecule has 0 heterocycles. The van der Waals surface area contributed by atoms with E-state index in [9.17, 15) is 4.79 Å². The summed E-state index contributed by atoms with van der Waals surface area (Å²) in [4.78, 5) is 14.5. The Morgan fingerprint density at radius 3 is 1.80 bits per heavy atom. The first-order chi connectivity index (χ1) is 6.99. The number of Topliss-reactive ketones (excluding diaryl/α,β-unsaturated/α-hetero) is 1. The Kier molecular flexibility index (Phi) is 6.82. The minimum absolute atomic E-state index is 0.123. The lowest BCUT2D eigenvalue weighted by molar-refractivity contribution is -0.129. The zero-order chi connectivity index (χ0) is 12.0. The average Bonchev–Trinajstić information content (AvgIpc) is 2.23. The van der Waals surface area contributed by atoms with Gasteiger partial charge in [0.2, 0.25) is 0 Å². The van der Waals surface area contributed by atoms with E-state index in [0.29, 0.717) is 11.7 Å². The Morgan fingerprint density at radius 2 is 1.53 bits per heavy atom. The highest BCUT2D eigenvalue weighted by Gasteiger charge is 2.27. The molecule has 2 nitrogen and oxygen atoms in total. The summed E-state index contributed by atoms with van der Waals surface area (Å²) in [6, 6.07) is 0.123. The monoisotopic (exact) mass is 213 g/mol. The van der Waals surface area contributed by atoms with Gasteiger partial charge in [-0.25, -0.2) is 0 Å². The van der Waals surface area contributed by atoms with Crippen molar-refractivity contribution in [2.75, 3.05) is 13.1 Å². The second kappa shape index (κ2) is 7.00. The minimum Gasteiger partial charge on any atom is -0.298 e. The summed E-state index contributed by atoms with van der Waals surface area (Å²) in [7, 11) is 0. The van der Waals surface area contributed by atoms with Crippen LogP contribution in [0.2, 0.25) is 0 Å². The zero-order valence-corrected chi connectivity index (χ0v) is 11.2. The van der Waals surface area contributed by atoms with E-state index >= 15 is 0 Å². The third kappa shape index (κ3) is 3.94. The maximum absolute atomic E-state index is 12.2. The molecule has 2 heteroatoms. The fourth-order valence-electron chi connectivity index (χ4n) is 1.94. The number of likely N-dealkylation sites (N-methyl/N-ethyl adjacent to an activating group) is 1. The summed E-state index contributed by atoms with van der Waals surface area (Å²) in [5.41, 5.74) is 0. The summed E-state index contributed by atoms with van der Waals surface area (Å²) >= 11 is 0. The molecule has 0 aromatic rings. The SMILES string of the molecule is CC[C@@H](C(=O)C(C)C(C)C)N(CC)CC. The van der Waals surface area contributed by atoms with Crippen LogP contribution in [-0.2, 0) is 4.79 Å². The molecule has 0 amide bonds. The second-order valence-corrected chi connectivity index (χ2v) is 4.58. The number of carbonyl (C=O) groups excluding carboxylic acids is 1. The van der Waals surface area contributed by atoms with E-state index in [1.54, 1.807) is 0 Å². The summed E-state index contributed by atoms with van der Waals surface area (Å²) in [5.74, 6) is 1.04. The van der Waals surface area contributed by atoms with Crippen molar-refractivity contribution in [3.63, 3.8) is 0 Å². The van der Waals surface area contributed by atoms with Crippen LogP contribution in [0.1, 0.15) is 48.0 Å². The van der Waals surface area contributed by atoms with Gasteiger partial charge in [0.1, 0.15) is 0 Å². The van der Waals surface area contributed by atoms with Crippen molar-refractivity contribution in [3.8, 4) is 0 Å². The summed E-state index contributed by atoms with van der Waals surface area (Å²) < 4.78 is 0. The number of ketones is 1. The first-order valence-corrected chi connectivity index (χ1v) is 6.27. The smallest absolute Gasteiger partial charge is 0.152 e. The number of hydrogen-bond donors (Lipinski definition) is 0. The first kappa shape index (κ1) is 14.6. The van der Waals surface area contributed by atoms with Crippen LogP contribution in [0.15, 0.2) is 0 Å². The largest absolute Gasteiger partial charge is 0.298 e. The quantitative estimate of drug-likeness (QED) is 0.648. The molecule has 0 aliphatic heterocycles. The highest BCUT2D eigenvalue weighted by atomic mass is 16.1. The minimum atomic E-state index is 0.123. The van der Waals surface area contributed by atoms with Gasteiger partial charge in [0.25, 0.3) is 0 Å². The van der Waals surface area contributed by atoms with Crippen molar-refractivity contribution < 1.29 is 4.79 Å². The average molecular weight is 213 g/mol. The topological polar surface area (TPSA) is 20.3 Å². The standard InChI is InChI=1S/C13H27NO/c1-7-12(14(8-2)9-3)13(15)11(6)10(4)5/h10-12H,7-9H2,1-6H3/t11?,12-/m0/s1. The molecule has 0 N–H and O–H groups in total. The molecule has 0 radical (unpaired) electrons. The normalized spacial score (nSPS) is 15.7. The third-order valence-corrected chi connectivity index (χ3v) is 3.42. The molecule has 0 aliphatic rings. The van der Waals surface area contributed by atoms with E-state index < -0.39 is 0 Å². The van der Waals surface area contributed by atoms with Gasteiger partial charge in [0.05, 0.1) is 6.04 Å². The Morgan fingerprint density at radius 1 is 1.07 bits per heavy atom. The van der Waals surface area contributed by atoms with Crippen molar-refractivity contribution in [2.45, 2.75) is 54.0 Å². The molecular weight excluding hydrogens is 186 g/mol. The van der Waals surface area contributed by atoms with Gasteiger partial charge in [0.15, 0.2) is 5.78 Å². The lowest BCUT2D eigenvalue weighted by Gasteiger charge is -2.30. The van der Waals surface area contributed by atoms with Crippen molar-refractivity contribution in [3.05, 3.63) is 0 Å². The van der Waals surface area contributed by atoms with Crippen molar-refractivity contribution >= 4 is 5.78 Å². The second-order valence-electron chi connectivity index (χ2n) is 4.58. The lowest BCUT2D eigenvalue weighted by atomic mass is 9.88. The van der Waals surface area contributed by atoms with Gasteiger partial charge in [-0.2, -0.15) is 0 Å². The molecule has 15 heavy (non-hydrogen) atoms. The van der Waals surface area contributed by atoms with E-state index in [1.165, 1.54) is 0 Å². The highest BCUT2D eigenvalue weighted by Crippen LogP contribution is 2.17. The fourth-order valence-corrected chi connectivity index (χ4v) is 1.94. The van der Waals surface area contributed by atoms with Crippen molar-refractivity contribution in [1.29, 1.82) is 0 Å². The molecule has 0 rings (SSSR count). The van der Waals surface area contributed by atoms with Crippen LogP contribution in [-0.4, -0.2) is 29.8 Å². The van der Waals surface area contributed by atoms with Crippen LogP contribution in [0.25, 0.3) is 0 Å². The Labute approximate surface area is 95.0 Å². The van der Waals surface area contributed by atoms with Crippen LogP contribution < -0.4 is 0 Å². The van der Waals surface area contributed by atoms with Gasteiger partial charge in [-0.1, -0.05) is 41.5 Å². The van der Waals surface area contributed by atoms with E-state index in [2.05, 4.69) is 46.4 Å². The molecule has 0 aromatic carbocycles. The predicted molar refractivity (Wildman–Crippen MR) is 66.0 cm³/mol. The van der Waals surface area contributed by atoms with Crippen LogP contribution in [0.4, 0.5) is 0 Å². The summed E-state index contributed by atoms with van der Waals surface area (Å²) in [6.07, 6.45) is 0.928. The number of nitrogens with zero attached hydrogens (tertiary/aromatic N) is 1. The molecule has 1 unspecified atom stereocenters. The molecule has 0 saturated carbocycles. The van der Waals surface area contributed by atoms with E-state index in [4.69, 9.17) is 0 Å². The van der Waals surface area contributed by atoms with Gasteiger partial charge in [-0.3, -0.25) is 9.69 Å². The Bertz CT molecular complexity index is 185. The van der Waals surface area contributed by atoms with Gasteiger partial charge in [-0.15, -0.1) is 0 Å². The third-order valence-electron chi connectivity index (χ3n) is 3.42. The molecule has 0 saturated heterocycles. The number of rotatable bonds is 7. The van der Waals surface area contributed by atoms with Crippen molar-refractivity contribution in [2.24, 2.45) is 11.8 Å².